The highest BCUT2D eigenvalue weighted by Gasteiger charge is 2.19. The van der Waals surface area contributed by atoms with E-state index in [0.29, 0.717) is 12.0 Å². The van der Waals surface area contributed by atoms with E-state index in [4.69, 9.17) is 4.74 Å². The van der Waals surface area contributed by atoms with Crippen molar-refractivity contribution in [3.8, 4) is 5.75 Å². The van der Waals surface area contributed by atoms with Crippen LogP contribution in [0.2, 0.25) is 0 Å². The lowest BCUT2D eigenvalue weighted by Gasteiger charge is -2.28. The van der Waals surface area contributed by atoms with Gasteiger partial charge in [0.05, 0.1) is 6.61 Å². The molecular weight excluding hydrogens is 210 g/mol. The maximum absolute atomic E-state index is 5.61. The Kier molecular flexibility index (Phi) is 4.43. The monoisotopic (exact) mass is 233 g/mol. The highest BCUT2D eigenvalue weighted by atomic mass is 16.5. The second-order valence-electron chi connectivity index (χ2n) is 4.99. The van der Waals surface area contributed by atoms with Crippen LogP contribution in [0.1, 0.15) is 44.6 Å². The molecular formula is C15H23NO. The highest BCUT2D eigenvalue weighted by Crippen LogP contribution is 2.28. The molecule has 1 aromatic rings. The lowest BCUT2D eigenvalue weighted by atomic mass is 9.87. The predicted octanol–water partition coefficient (Wildman–Crippen LogP) is 3.33. The van der Waals surface area contributed by atoms with E-state index in [-0.39, 0.29) is 0 Å². The first-order chi connectivity index (χ1) is 8.29. The van der Waals surface area contributed by atoms with Crippen molar-refractivity contribution in [2.45, 2.75) is 45.1 Å². The zero-order valence-electron chi connectivity index (χ0n) is 10.9. The highest BCUT2D eigenvalue weighted by molar-refractivity contribution is 5.29. The van der Waals surface area contributed by atoms with Crippen molar-refractivity contribution >= 4 is 0 Å². The van der Waals surface area contributed by atoms with E-state index in [1.54, 1.807) is 0 Å². The molecule has 0 aromatic heterocycles. The molecule has 1 aliphatic rings. The third-order valence-electron chi connectivity index (χ3n) is 3.45. The number of rotatable bonds is 4. The van der Waals surface area contributed by atoms with Crippen molar-refractivity contribution in [2.24, 2.45) is 0 Å². The van der Waals surface area contributed by atoms with Crippen LogP contribution in [0, 0.1) is 0 Å². The van der Waals surface area contributed by atoms with E-state index in [1.165, 1.54) is 18.4 Å². The summed E-state index contributed by atoms with van der Waals surface area (Å²) in [6.45, 7) is 6.35. The van der Waals surface area contributed by atoms with Crippen molar-refractivity contribution in [3.05, 3.63) is 29.8 Å². The molecule has 0 aliphatic carbocycles. The van der Waals surface area contributed by atoms with Gasteiger partial charge < -0.3 is 10.1 Å². The van der Waals surface area contributed by atoms with Crippen LogP contribution in [0.3, 0.4) is 0 Å². The van der Waals surface area contributed by atoms with Crippen LogP contribution in [-0.4, -0.2) is 19.2 Å². The van der Waals surface area contributed by atoms with Crippen LogP contribution >= 0.6 is 0 Å². The average molecular weight is 233 g/mol. The molecule has 0 radical (unpaired) electrons. The number of benzene rings is 1. The van der Waals surface area contributed by atoms with Crippen LogP contribution in [0.25, 0.3) is 0 Å². The van der Waals surface area contributed by atoms with E-state index in [0.717, 1.165) is 25.3 Å². The van der Waals surface area contributed by atoms with Crippen molar-refractivity contribution in [1.29, 1.82) is 0 Å². The van der Waals surface area contributed by atoms with Crippen molar-refractivity contribution in [2.75, 3.05) is 13.2 Å². The molecule has 2 atom stereocenters. The van der Waals surface area contributed by atoms with Gasteiger partial charge in [-0.1, -0.05) is 19.1 Å². The smallest absolute Gasteiger partial charge is 0.119 e. The summed E-state index contributed by atoms with van der Waals surface area (Å²) >= 11 is 0. The van der Waals surface area contributed by atoms with Gasteiger partial charge >= 0.3 is 0 Å². The zero-order valence-corrected chi connectivity index (χ0v) is 10.9. The number of hydrogen-bond donors (Lipinski definition) is 1. The van der Waals surface area contributed by atoms with Crippen LogP contribution in [0.15, 0.2) is 24.3 Å². The van der Waals surface area contributed by atoms with E-state index >= 15 is 0 Å². The Morgan fingerprint density at radius 3 is 2.71 bits per heavy atom. The maximum Gasteiger partial charge on any atom is 0.119 e. The van der Waals surface area contributed by atoms with Gasteiger partial charge in [-0.05, 0) is 56.3 Å². The van der Waals surface area contributed by atoms with Crippen molar-refractivity contribution < 1.29 is 4.74 Å². The number of ether oxygens (including phenoxy) is 1. The molecule has 1 N–H and O–H groups in total. The minimum atomic E-state index is 0.643. The van der Waals surface area contributed by atoms with Gasteiger partial charge in [0.2, 0.25) is 0 Å². The standard InChI is InChI=1S/C15H23NO/c1-3-10-17-15-6-4-13(5-7-15)14-8-9-16-12(2)11-14/h4-7,12,14,16H,3,8-11H2,1-2H3. The summed E-state index contributed by atoms with van der Waals surface area (Å²) in [6, 6.07) is 9.32. The summed E-state index contributed by atoms with van der Waals surface area (Å²) in [7, 11) is 0. The molecule has 2 nitrogen and oxygen atoms in total. The number of hydrogen-bond acceptors (Lipinski definition) is 2. The predicted molar refractivity (Wildman–Crippen MR) is 71.7 cm³/mol. The fraction of sp³-hybridized carbons (Fsp3) is 0.600. The Balaban J connectivity index is 1.96. The Hall–Kier alpha value is -1.02. The summed E-state index contributed by atoms with van der Waals surface area (Å²) in [5.41, 5.74) is 1.46. The van der Waals surface area contributed by atoms with E-state index in [9.17, 15) is 0 Å². The normalized spacial score (nSPS) is 24.6. The Morgan fingerprint density at radius 2 is 2.06 bits per heavy atom. The molecule has 0 spiro atoms. The minimum Gasteiger partial charge on any atom is -0.494 e. The van der Waals surface area contributed by atoms with Gasteiger partial charge in [0, 0.05) is 6.04 Å². The number of nitrogens with one attached hydrogen (secondary N) is 1. The molecule has 0 amide bonds. The molecule has 0 saturated carbocycles. The Labute approximate surface area is 104 Å². The SMILES string of the molecule is CCCOc1ccc(C2CCNC(C)C2)cc1. The van der Waals surface area contributed by atoms with Crippen molar-refractivity contribution in [1.82, 2.24) is 5.32 Å². The molecule has 2 unspecified atom stereocenters. The van der Waals surface area contributed by atoms with E-state index in [2.05, 4.69) is 43.4 Å². The first-order valence-corrected chi connectivity index (χ1v) is 6.75. The summed E-state index contributed by atoms with van der Waals surface area (Å²) in [5, 5.41) is 3.50. The fourth-order valence-corrected chi connectivity index (χ4v) is 2.49. The second-order valence-corrected chi connectivity index (χ2v) is 4.99. The van der Waals surface area contributed by atoms with Gasteiger partial charge in [0.15, 0.2) is 0 Å². The molecule has 0 bridgehead atoms. The first-order valence-electron chi connectivity index (χ1n) is 6.75. The lowest BCUT2D eigenvalue weighted by Crippen LogP contribution is -2.34. The zero-order chi connectivity index (χ0) is 12.1. The van der Waals surface area contributed by atoms with Crippen molar-refractivity contribution in [3.63, 3.8) is 0 Å². The second kappa shape index (κ2) is 6.06. The summed E-state index contributed by atoms with van der Waals surface area (Å²) in [5.74, 6) is 1.71. The van der Waals surface area contributed by atoms with Crippen LogP contribution < -0.4 is 10.1 Å². The molecule has 94 valence electrons. The molecule has 2 rings (SSSR count). The largest absolute Gasteiger partial charge is 0.494 e. The summed E-state index contributed by atoms with van der Waals surface area (Å²) in [4.78, 5) is 0. The van der Waals surface area contributed by atoms with Gasteiger partial charge in [-0.25, -0.2) is 0 Å². The fourth-order valence-electron chi connectivity index (χ4n) is 2.49. The Morgan fingerprint density at radius 1 is 1.29 bits per heavy atom. The molecule has 1 aromatic carbocycles. The van der Waals surface area contributed by atoms with Gasteiger partial charge in [-0.15, -0.1) is 0 Å². The third kappa shape index (κ3) is 3.47. The summed E-state index contributed by atoms with van der Waals surface area (Å²) in [6.07, 6.45) is 3.56. The topological polar surface area (TPSA) is 21.3 Å². The molecule has 1 fully saturated rings. The van der Waals surface area contributed by atoms with E-state index < -0.39 is 0 Å². The molecule has 1 heterocycles. The van der Waals surface area contributed by atoms with Gasteiger partial charge in [0.25, 0.3) is 0 Å². The van der Waals surface area contributed by atoms with Gasteiger partial charge in [0.1, 0.15) is 5.75 Å². The maximum atomic E-state index is 5.61. The molecule has 17 heavy (non-hydrogen) atoms. The Bertz CT molecular complexity index is 333. The molecule has 1 saturated heterocycles. The minimum absolute atomic E-state index is 0.643. The lowest BCUT2D eigenvalue weighted by molar-refractivity contribution is 0.317. The molecule has 1 aliphatic heterocycles. The molecule has 2 heteroatoms. The van der Waals surface area contributed by atoms with Gasteiger partial charge in [-0.2, -0.15) is 0 Å². The third-order valence-corrected chi connectivity index (χ3v) is 3.45. The van der Waals surface area contributed by atoms with E-state index in [1.807, 2.05) is 0 Å². The van der Waals surface area contributed by atoms with Crippen LogP contribution in [0.5, 0.6) is 5.75 Å². The summed E-state index contributed by atoms with van der Waals surface area (Å²) < 4.78 is 5.61. The van der Waals surface area contributed by atoms with Crippen LogP contribution in [0.4, 0.5) is 0 Å². The first kappa shape index (κ1) is 12.4. The number of piperidine rings is 1. The quantitative estimate of drug-likeness (QED) is 0.861. The average Bonchev–Trinajstić information content (AvgIpc) is 2.37. The van der Waals surface area contributed by atoms with Gasteiger partial charge in [-0.3, -0.25) is 0 Å². The van der Waals surface area contributed by atoms with Crippen LogP contribution in [-0.2, 0) is 0 Å².